The van der Waals surface area contributed by atoms with E-state index < -0.39 is 0 Å². The number of carbonyl (C=O) groups excluding carboxylic acids is 1. The van der Waals surface area contributed by atoms with Gasteiger partial charge in [0.15, 0.2) is 0 Å². The van der Waals surface area contributed by atoms with Crippen LogP contribution >= 0.6 is 0 Å². The average Bonchev–Trinajstić information content (AvgIpc) is 2.80. The molecule has 3 rings (SSSR count). The van der Waals surface area contributed by atoms with Crippen LogP contribution in [0.25, 0.3) is 0 Å². The van der Waals surface area contributed by atoms with Gasteiger partial charge in [-0.1, -0.05) is 0 Å². The molecule has 3 heterocycles. The Balaban J connectivity index is 1.78. The molecule has 25 heavy (non-hydrogen) atoms. The van der Waals surface area contributed by atoms with E-state index in [9.17, 15) is 10.1 Å². The maximum absolute atomic E-state index is 13.0. The third-order valence-electron chi connectivity index (χ3n) is 4.76. The van der Waals surface area contributed by atoms with Crippen LogP contribution in [0.5, 0.6) is 0 Å². The summed E-state index contributed by atoms with van der Waals surface area (Å²) in [5, 5.41) is 9.28. The fraction of sp³-hybridized carbons (Fsp3) is 0.421. The first-order valence-electron chi connectivity index (χ1n) is 8.49. The van der Waals surface area contributed by atoms with E-state index in [1.54, 1.807) is 18.3 Å². The van der Waals surface area contributed by atoms with Crippen LogP contribution in [-0.2, 0) is 0 Å². The van der Waals surface area contributed by atoms with Crippen molar-refractivity contribution in [3.63, 3.8) is 0 Å². The van der Waals surface area contributed by atoms with Crippen LogP contribution in [-0.4, -0.2) is 42.0 Å². The standard InChI is InChI=1S/C19H22N4O2/c1-13-14(2)25-15(3)17(13)19(24)23-9-5-8-22(10-11-23)18-16(12-20)6-4-7-21-18/h4,6-7H,5,8-11H2,1-3H3. The molecule has 2 aromatic rings. The monoisotopic (exact) mass is 338 g/mol. The van der Waals surface area contributed by atoms with Crippen LogP contribution in [0.2, 0.25) is 0 Å². The van der Waals surface area contributed by atoms with E-state index in [0.29, 0.717) is 42.3 Å². The highest BCUT2D eigenvalue weighted by atomic mass is 16.3. The lowest BCUT2D eigenvalue weighted by Crippen LogP contribution is -2.36. The third kappa shape index (κ3) is 3.22. The Morgan fingerprint density at radius 1 is 1.20 bits per heavy atom. The fourth-order valence-electron chi connectivity index (χ4n) is 3.33. The SMILES string of the molecule is Cc1oc(C)c(C(=O)N2CCCN(c3ncccc3C#N)CC2)c1C. The number of anilines is 1. The van der Waals surface area contributed by atoms with Gasteiger partial charge in [-0.15, -0.1) is 0 Å². The van der Waals surface area contributed by atoms with Crippen molar-refractivity contribution in [3.05, 3.63) is 46.5 Å². The Kier molecular flexibility index (Phi) is 4.75. The number of pyridine rings is 1. The van der Waals surface area contributed by atoms with E-state index >= 15 is 0 Å². The van der Waals surface area contributed by atoms with Gasteiger partial charge >= 0.3 is 0 Å². The third-order valence-corrected chi connectivity index (χ3v) is 4.76. The molecule has 1 saturated heterocycles. The lowest BCUT2D eigenvalue weighted by atomic mass is 10.1. The number of nitrogens with zero attached hydrogens (tertiary/aromatic N) is 4. The highest BCUT2D eigenvalue weighted by Crippen LogP contribution is 2.24. The summed E-state index contributed by atoms with van der Waals surface area (Å²) < 4.78 is 5.61. The number of rotatable bonds is 2. The number of hydrogen-bond acceptors (Lipinski definition) is 5. The Labute approximate surface area is 147 Å². The van der Waals surface area contributed by atoms with Gasteiger partial charge in [0.05, 0.1) is 11.1 Å². The van der Waals surface area contributed by atoms with Crippen molar-refractivity contribution in [1.82, 2.24) is 9.88 Å². The quantitative estimate of drug-likeness (QED) is 0.842. The van der Waals surface area contributed by atoms with Crippen LogP contribution < -0.4 is 4.90 Å². The predicted octanol–water partition coefficient (Wildman–Crippen LogP) is 2.82. The highest BCUT2D eigenvalue weighted by molar-refractivity contribution is 5.97. The van der Waals surface area contributed by atoms with Crippen molar-refractivity contribution in [2.24, 2.45) is 0 Å². The first-order valence-corrected chi connectivity index (χ1v) is 8.49. The zero-order valence-corrected chi connectivity index (χ0v) is 14.9. The largest absolute Gasteiger partial charge is 0.466 e. The van der Waals surface area contributed by atoms with Crippen LogP contribution in [0.1, 0.15) is 39.4 Å². The van der Waals surface area contributed by atoms with Crippen molar-refractivity contribution < 1.29 is 9.21 Å². The summed E-state index contributed by atoms with van der Waals surface area (Å²) >= 11 is 0. The van der Waals surface area contributed by atoms with Crippen LogP contribution in [0.3, 0.4) is 0 Å². The van der Waals surface area contributed by atoms with Gasteiger partial charge in [0.1, 0.15) is 23.4 Å². The smallest absolute Gasteiger partial charge is 0.257 e. The molecule has 130 valence electrons. The second-order valence-corrected chi connectivity index (χ2v) is 6.33. The molecule has 0 saturated carbocycles. The summed E-state index contributed by atoms with van der Waals surface area (Å²) in [6.45, 7) is 8.37. The van der Waals surface area contributed by atoms with E-state index in [1.165, 1.54) is 0 Å². The molecule has 0 N–H and O–H groups in total. The zero-order chi connectivity index (χ0) is 18.0. The number of aromatic nitrogens is 1. The molecule has 0 aliphatic carbocycles. The van der Waals surface area contributed by atoms with Crippen LogP contribution in [0.4, 0.5) is 5.82 Å². The molecule has 1 fully saturated rings. The normalized spacial score (nSPS) is 15.0. The summed E-state index contributed by atoms with van der Waals surface area (Å²) in [6.07, 6.45) is 2.53. The van der Waals surface area contributed by atoms with Gasteiger partial charge in [-0.3, -0.25) is 4.79 Å². The maximum atomic E-state index is 13.0. The number of aryl methyl sites for hydroxylation is 2. The number of furan rings is 1. The molecule has 1 aliphatic rings. The lowest BCUT2D eigenvalue weighted by molar-refractivity contribution is 0.0764. The van der Waals surface area contributed by atoms with Crippen LogP contribution in [0.15, 0.2) is 22.7 Å². The van der Waals surface area contributed by atoms with Gasteiger partial charge in [0.2, 0.25) is 0 Å². The molecular weight excluding hydrogens is 316 g/mol. The molecule has 1 aliphatic heterocycles. The van der Waals surface area contributed by atoms with Crippen LogP contribution in [0, 0.1) is 32.1 Å². The lowest BCUT2D eigenvalue weighted by Gasteiger charge is -2.23. The first-order chi connectivity index (χ1) is 12.0. The van der Waals surface area contributed by atoms with E-state index in [2.05, 4.69) is 16.0 Å². The van der Waals surface area contributed by atoms with Gasteiger partial charge in [-0.2, -0.15) is 5.26 Å². The highest BCUT2D eigenvalue weighted by Gasteiger charge is 2.26. The Morgan fingerprint density at radius 3 is 2.68 bits per heavy atom. The molecule has 0 aromatic carbocycles. The Bertz CT molecular complexity index is 834. The summed E-state index contributed by atoms with van der Waals surface area (Å²) in [5.41, 5.74) is 2.17. The topological polar surface area (TPSA) is 73.4 Å². The van der Waals surface area contributed by atoms with Crippen molar-refractivity contribution in [2.45, 2.75) is 27.2 Å². The van der Waals surface area contributed by atoms with Crippen molar-refractivity contribution in [3.8, 4) is 6.07 Å². The van der Waals surface area contributed by atoms with Gasteiger partial charge in [-0.05, 0) is 39.3 Å². The summed E-state index contributed by atoms with van der Waals surface area (Å²) in [4.78, 5) is 21.3. The zero-order valence-electron chi connectivity index (χ0n) is 14.9. The number of amides is 1. The molecule has 0 atom stereocenters. The van der Waals surface area contributed by atoms with E-state index in [4.69, 9.17) is 4.42 Å². The Morgan fingerprint density at radius 2 is 2.00 bits per heavy atom. The minimum Gasteiger partial charge on any atom is -0.466 e. The molecule has 0 bridgehead atoms. The number of hydrogen-bond donors (Lipinski definition) is 0. The van der Waals surface area contributed by atoms with Crippen molar-refractivity contribution in [1.29, 1.82) is 5.26 Å². The second kappa shape index (κ2) is 6.98. The summed E-state index contributed by atoms with van der Waals surface area (Å²) in [6, 6.07) is 5.73. The molecule has 0 radical (unpaired) electrons. The van der Waals surface area contributed by atoms with Gasteiger partial charge in [-0.25, -0.2) is 4.98 Å². The fourth-order valence-corrected chi connectivity index (χ4v) is 3.33. The van der Waals surface area contributed by atoms with Gasteiger partial charge < -0.3 is 14.2 Å². The predicted molar refractivity (Wildman–Crippen MR) is 94.6 cm³/mol. The summed E-state index contributed by atoms with van der Waals surface area (Å²) in [7, 11) is 0. The second-order valence-electron chi connectivity index (χ2n) is 6.33. The molecule has 0 spiro atoms. The van der Waals surface area contributed by atoms with E-state index in [1.807, 2.05) is 25.7 Å². The molecule has 0 unspecified atom stereocenters. The van der Waals surface area contributed by atoms with E-state index in [0.717, 1.165) is 24.3 Å². The summed E-state index contributed by atoms with van der Waals surface area (Å²) in [5.74, 6) is 2.20. The minimum atomic E-state index is 0.0234. The maximum Gasteiger partial charge on any atom is 0.257 e. The molecule has 1 amide bonds. The number of nitriles is 1. The van der Waals surface area contributed by atoms with Crippen molar-refractivity contribution in [2.75, 3.05) is 31.1 Å². The molecular formula is C19H22N4O2. The van der Waals surface area contributed by atoms with E-state index in [-0.39, 0.29) is 5.91 Å². The molecule has 6 heteroatoms. The average molecular weight is 338 g/mol. The van der Waals surface area contributed by atoms with Gasteiger partial charge in [0.25, 0.3) is 5.91 Å². The number of carbonyl (C=O) groups is 1. The van der Waals surface area contributed by atoms with Crippen molar-refractivity contribution >= 4 is 11.7 Å². The van der Waals surface area contributed by atoms with Gasteiger partial charge in [0, 0.05) is 37.9 Å². The minimum absolute atomic E-state index is 0.0234. The molecule has 2 aromatic heterocycles. The Hall–Kier alpha value is -2.81. The molecule has 6 nitrogen and oxygen atoms in total. The first kappa shape index (κ1) is 17.0.